The van der Waals surface area contributed by atoms with Crippen LogP contribution in [0.15, 0.2) is 24.2 Å². The first-order valence-electron chi connectivity index (χ1n) is 8.03. The second kappa shape index (κ2) is 9.08. The predicted octanol–water partition coefficient (Wildman–Crippen LogP) is 5.32. The Labute approximate surface area is 120 Å². The molecule has 0 amide bonds. The number of rotatable bonds is 6. The molecule has 19 heavy (non-hydrogen) atoms. The van der Waals surface area contributed by atoms with Gasteiger partial charge in [0.1, 0.15) is 0 Å². The first-order chi connectivity index (χ1) is 9.24. The molecule has 0 aromatic rings. The van der Waals surface area contributed by atoms with Gasteiger partial charge in [0.05, 0.1) is 0 Å². The lowest BCUT2D eigenvalue weighted by Gasteiger charge is -2.23. The van der Waals surface area contributed by atoms with E-state index >= 15 is 0 Å². The highest BCUT2D eigenvalue weighted by atomic mass is 14.1. The summed E-state index contributed by atoms with van der Waals surface area (Å²) in [4.78, 5) is 0. The van der Waals surface area contributed by atoms with Crippen LogP contribution in [0.2, 0.25) is 5.82 Å². The molecule has 0 saturated carbocycles. The van der Waals surface area contributed by atoms with Crippen molar-refractivity contribution in [3.63, 3.8) is 0 Å². The molecule has 1 aliphatic rings. The van der Waals surface area contributed by atoms with Gasteiger partial charge in [0, 0.05) is 0 Å². The van der Waals surface area contributed by atoms with Crippen molar-refractivity contribution < 1.29 is 0 Å². The summed E-state index contributed by atoms with van der Waals surface area (Å²) in [5.74, 6) is 11.0. The highest BCUT2D eigenvalue weighted by molar-refractivity contribution is 6.74. The van der Waals surface area contributed by atoms with Gasteiger partial charge in [0.2, 0.25) is 0 Å². The summed E-state index contributed by atoms with van der Waals surface area (Å²) < 4.78 is 0. The van der Waals surface area contributed by atoms with E-state index in [1.165, 1.54) is 32.1 Å². The average Bonchev–Trinajstić information content (AvgIpc) is 2.47. The SMILES string of the molecule is CC#CB(/C=C\C(CC)CC)C1C=CC(CC)CC1. The maximum Gasteiger partial charge on any atom is 0.263 e. The van der Waals surface area contributed by atoms with Crippen molar-refractivity contribution in [3.8, 4) is 11.7 Å². The lowest BCUT2D eigenvalue weighted by Crippen LogP contribution is -2.19. The van der Waals surface area contributed by atoms with Crippen molar-refractivity contribution in [1.29, 1.82) is 0 Å². The van der Waals surface area contributed by atoms with E-state index in [2.05, 4.69) is 56.7 Å². The van der Waals surface area contributed by atoms with Crippen LogP contribution in [0.5, 0.6) is 0 Å². The lowest BCUT2D eigenvalue weighted by molar-refractivity contribution is 0.525. The van der Waals surface area contributed by atoms with Gasteiger partial charge in [0.25, 0.3) is 6.71 Å². The highest BCUT2D eigenvalue weighted by Gasteiger charge is 2.23. The van der Waals surface area contributed by atoms with E-state index in [9.17, 15) is 0 Å². The summed E-state index contributed by atoms with van der Waals surface area (Å²) >= 11 is 0. The quantitative estimate of drug-likeness (QED) is 0.342. The molecule has 1 aliphatic carbocycles. The molecule has 0 aromatic heterocycles. The monoisotopic (exact) mass is 256 g/mol. The fourth-order valence-corrected chi connectivity index (χ4v) is 2.84. The minimum atomic E-state index is 0.416. The molecule has 0 heterocycles. The summed E-state index contributed by atoms with van der Waals surface area (Å²) in [7, 11) is 0. The Kier molecular flexibility index (Phi) is 7.72. The summed E-state index contributed by atoms with van der Waals surface area (Å²) in [6, 6.07) is 0. The Morgan fingerprint density at radius 2 is 1.95 bits per heavy atom. The molecule has 2 unspecified atom stereocenters. The van der Waals surface area contributed by atoms with Crippen LogP contribution in [0.25, 0.3) is 0 Å². The van der Waals surface area contributed by atoms with Crippen molar-refractivity contribution in [2.75, 3.05) is 0 Å². The molecule has 0 aliphatic heterocycles. The summed E-state index contributed by atoms with van der Waals surface area (Å²) in [5, 5.41) is 0. The first-order valence-corrected chi connectivity index (χ1v) is 8.03. The standard InChI is InChI=1S/C18H29B/c1-5-14-19(15-13-16(6-2)7-3)18-11-9-17(8-4)10-12-18/h9,11,13,15-18H,6-8,10,12H2,1-4H3/b15-13-. The summed E-state index contributed by atoms with van der Waals surface area (Å²) in [6.07, 6.45) is 13.6. The van der Waals surface area contributed by atoms with Crippen molar-refractivity contribution in [2.24, 2.45) is 11.8 Å². The Hall–Kier alpha value is -0.895. The fraction of sp³-hybridized carbons (Fsp3) is 0.667. The zero-order chi connectivity index (χ0) is 14.1. The molecular weight excluding hydrogens is 227 g/mol. The minimum absolute atomic E-state index is 0.416. The van der Waals surface area contributed by atoms with Crippen LogP contribution >= 0.6 is 0 Å². The van der Waals surface area contributed by atoms with E-state index in [4.69, 9.17) is 0 Å². The molecule has 0 N–H and O–H groups in total. The zero-order valence-electron chi connectivity index (χ0n) is 13.2. The molecule has 0 radical (unpaired) electrons. The third kappa shape index (κ3) is 5.31. The van der Waals surface area contributed by atoms with Crippen LogP contribution in [0.3, 0.4) is 0 Å². The Balaban J connectivity index is 2.70. The van der Waals surface area contributed by atoms with Gasteiger partial charge in [-0.2, -0.15) is 0 Å². The number of hydrogen-bond donors (Lipinski definition) is 0. The van der Waals surface area contributed by atoms with Gasteiger partial charge in [-0.15, -0.1) is 17.7 Å². The molecule has 1 heteroatoms. The summed E-state index contributed by atoms with van der Waals surface area (Å²) in [5.41, 5.74) is 0. The molecule has 0 fully saturated rings. The second-order valence-corrected chi connectivity index (χ2v) is 5.68. The normalized spacial score (nSPS) is 22.6. The van der Waals surface area contributed by atoms with Gasteiger partial charge in [-0.3, -0.25) is 0 Å². The molecule has 0 spiro atoms. The third-order valence-electron chi connectivity index (χ3n) is 4.44. The maximum atomic E-state index is 3.40. The highest BCUT2D eigenvalue weighted by Crippen LogP contribution is 2.30. The molecule has 1 rings (SSSR count). The molecule has 0 aromatic carbocycles. The molecular formula is C18H29B. The van der Waals surface area contributed by atoms with E-state index in [-0.39, 0.29) is 0 Å². The lowest BCUT2D eigenvalue weighted by atomic mass is 9.40. The van der Waals surface area contributed by atoms with Crippen molar-refractivity contribution in [3.05, 3.63) is 24.2 Å². The number of allylic oxidation sites excluding steroid dienone is 3. The zero-order valence-corrected chi connectivity index (χ0v) is 13.2. The van der Waals surface area contributed by atoms with Crippen LogP contribution in [0.1, 0.15) is 59.8 Å². The molecule has 104 valence electrons. The van der Waals surface area contributed by atoms with Crippen molar-refractivity contribution >= 4 is 6.71 Å². The van der Waals surface area contributed by atoms with Gasteiger partial charge in [-0.1, -0.05) is 45.4 Å². The van der Waals surface area contributed by atoms with Crippen molar-refractivity contribution in [1.82, 2.24) is 0 Å². The molecule has 0 bridgehead atoms. The predicted molar refractivity (Wildman–Crippen MR) is 88.3 cm³/mol. The van der Waals surface area contributed by atoms with Gasteiger partial charge in [-0.25, -0.2) is 0 Å². The van der Waals surface area contributed by atoms with E-state index in [0.717, 1.165) is 11.8 Å². The average molecular weight is 256 g/mol. The Morgan fingerprint density at radius 3 is 2.42 bits per heavy atom. The van der Waals surface area contributed by atoms with Crippen LogP contribution in [-0.2, 0) is 0 Å². The summed E-state index contributed by atoms with van der Waals surface area (Å²) in [6.45, 7) is 9.20. The first kappa shape index (κ1) is 16.2. The minimum Gasteiger partial charge on any atom is -0.149 e. The van der Waals surface area contributed by atoms with E-state index in [1.807, 2.05) is 6.92 Å². The van der Waals surface area contributed by atoms with Crippen LogP contribution < -0.4 is 0 Å². The topological polar surface area (TPSA) is 0 Å². The smallest absolute Gasteiger partial charge is 0.149 e. The van der Waals surface area contributed by atoms with Crippen molar-refractivity contribution in [2.45, 2.75) is 65.6 Å². The second-order valence-electron chi connectivity index (χ2n) is 5.68. The van der Waals surface area contributed by atoms with E-state index in [1.54, 1.807) is 0 Å². The molecule has 2 atom stereocenters. The molecule has 0 saturated heterocycles. The fourth-order valence-electron chi connectivity index (χ4n) is 2.84. The van der Waals surface area contributed by atoms with Gasteiger partial charge >= 0.3 is 0 Å². The largest absolute Gasteiger partial charge is 0.263 e. The van der Waals surface area contributed by atoms with Crippen LogP contribution in [-0.4, -0.2) is 6.71 Å². The third-order valence-corrected chi connectivity index (χ3v) is 4.44. The van der Waals surface area contributed by atoms with Gasteiger partial charge in [-0.05, 0) is 50.3 Å². The van der Waals surface area contributed by atoms with Crippen LogP contribution in [0.4, 0.5) is 0 Å². The Morgan fingerprint density at radius 1 is 1.21 bits per heavy atom. The van der Waals surface area contributed by atoms with E-state index in [0.29, 0.717) is 12.5 Å². The Bertz CT molecular complexity index is 352. The van der Waals surface area contributed by atoms with Gasteiger partial charge < -0.3 is 0 Å². The molecule has 0 nitrogen and oxygen atoms in total. The number of hydrogen-bond acceptors (Lipinski definition) is 0. The van der Waals surface area contributed by atoms with Crippen LogP contribution in [0, 0.1) is 23.6 Å². The van der Waals surface area contributed by atoms with Gasteiger partial charge in [0.15, 0.2) is 0 Å². The maximum absolute atomic E-state index is 3.40. The van der Waals surface area contributed by atoms with E-state index < -0.39 is 0 Å².